The van der Waals surface area contributed by atoms with Gasteiger partial charge in [0.25, 0.3) is 0 Å². The van der Waals surface area contributed by atoms with Gasteiger partial charge in [-0.05, 0) is 0 Å². The van der Waals surface area contributed by atoms with Gasteiger partial charge < -0.3 is 15.1 Å². The summed E-state index contributed by atoms with van der Waals surface area (Å²) in [4.78, 5) is 35.6. The van der Waals surface area contributed by atoms with Crippen LogP contribution >= 0.6 is 0 Å². The molecule has 19 heavy (non-hydrogen) atoms. The Morgan fingerprint density at radius 2 is 1.32 bits per heavy atom. The van der Waals surface area contributed by atoms with Gasteiger partial charge in [-0.1, -0.05) is 12.2 Å². The maximum absolute atomic E-state index is 11.9. The highest BCUT2D eigenvalue weighted by Crippen LogP contribution is 1.96. The van der Waals surface area contributed by atoms with E-state index in [9.17, 15) is 14.4 Å². The Morgan fingerprint density at radius 3 is 1.63 bits per heavy atom. The van der Waals surface area contributed by atoms with Crippen LogP contribution in [-0.4, -0.2) is 70.6 Å². The van der Waals surface area contributed by atoms with Gasteiger partial charge in [0.05, 0.1) is 19.6 Å². The topological polar surface area (TPSA) is 98.2 Å². The summed E-state index contributed by atoms with van der Waals surface area (Å²) in [5.74, 6) is -2.75. The number of carbonyl (C=O) groups excluding carboxylic acids is 1. The number of nitrogens with zero attached hydrogens (tertiary/aromatic N) is 2. The molecule has 0 aromatic heterocycles. The van der Waals surface area contributed by atoms with Gasteiger partial charge in [0.15, 0.2) is 0 Å². The van der Waals surface area contributed by atoms with E-state index in [1.807, 2.05) is 0 Å². The first-order valence-electron chi connectivity index (χ1n) is 5.56. The number of aliphatic carboxylic acids is 2. The fraction of sp³-hybridized carbons (Fsp3) is 0.417. The van der Waals surface area contributed by atoms with Crippen LogP contribution in [0, 0.1) is 0 Å². The molecule has 0 aliphatic carbocycles. The molecule has 2 N–H and O–H groups in total. The zero-order valence-corrected chi connectivity index (χ0v) is 10.6. The van der Waals surface area contributed by atoms with Crippen molar-refractivity contribution in [2.24, 2.45) is 0 Å². The lowest BCUT2D eigenvalue weighted by molar-refractivity contribution is -0.143. The van der Waals surface area contributed by atoms with E-state index < -0.39 is 25.0 Å². The van der Waals surface area contributed by atoms with Crippen LogP contribution in [0.25, 0.3) is 0 Å². The van der Waals surface area contributed by atoms with Crippen molar-refractivity contribution in [1.29, 1.82) is 0 Å². The van der Waals surface area contributed by atoms with Gasteiger partial charge >= 0.3 is 11.9 Å². The van der Waals surface area contributed by atoms with Crippen molar-refractivity contribution in [2.75, 3.05) is 32.7 Å². The lowest BCUT2D eigenvalue weighted by Gasteiger charge is -2.23. The van der Waals surface area contributed by atoms with Crippen LogP contribution in [0.2, 0.25) is 0 Å². The standard InChI is InChI=1S/C12H18N2O5/c1-3-5-14(6-4-2)10(15)7-13(8-11(16)17)9-12(18)19/h3-4H,1-2,5-9H2,(H,16,17)(H,18,19). The molecule has 0 aromatic carbocycles. The molecule has 0 radical (unpaired) electrons. The number of hydrogen-bond donors (Lipinski definition) is 2. The van der Waals surface area contributed by atoms with Gasteiger partial charge in [-0.2, -0.15) is 0 Å². The van der Waals surface area contributed by atoms with Gasteiger partial charge in [0.2, 0.25) is 5.91 Å². The Labute approximate surface area is 111 Å². The molecule has 0 bridgehead atoms. The Kier molecular flexibility index (Phi) is 7.87. The zero-order chi connectivity index (χ0) is 14.8. The number of carboxylic acid groups (broad SMARTS) is 2. The Bertz CT molecular complexity index is 341. The van der Waals surface area contributed by atoms with Crippen LogP contribution in [0.5, 0.6) is 0 Å². The molecule has 0 fully saturated rings. The van der Waals surface area contributed by atoms with E-state index in [-0.39, 0.29) is 12.5 Å². The van der Waals surface area contributed by atoms with Crippen molar-refractivity contribution in [3.8, 4) is 0 Å². The SMILES string of the molecule is C=CCN(CC=C)C(=O)CN(CC(=O)O)CC(=O)O. The normalized spacial score (nSPS) is 9.95. The van der Waals surface area contributed by atoms with Crippen molar-refractivity contribution in [3.63, 3.8) is 0 Å². The lowest BCUT2D eigenvalue weighted by Crippen LogP contribution is -2.44. The summed E-state index contributed by atoms with van der Waals surface area (Å²) >= 11 is 0. The van der Waals surface area contributed by atoms with Crippen LogP contribution in [0.4, 0.5) is 0 Å². The number of rotatable bonds is 10. The molecular formula is C12H18N2O5. The smallest absolute Gasteiger partial charge is 0.317 e. The Hall–Kier alpha value is -2.15. The van der Waals surface area contributed by atoms with Crippen molar-refractivity contribution in [3.05, 3.63) is 25.3 Å². The second kappa shape index (κ2) is 8.87. The third-order valence-electron chi connectivity index (χ3n) is 2.13. The molecule has 0 aliphatic heterocycles. The molecular weight excluding hydrogens is 252 g/mol. The molecule has 0 saturated heterocycles. The fourth-order valence-corrected chi connectivity index (χ4v) is 1.43. The monoisotopic (exact) mass is 270 g/mol. The highest BCUT2D eigenvalue weighted by atomic mass is 16.4. The molecule has 0 rings (SSSR count). The van der Waals surface area contributed by atoms with Crippen LogP contribution < -0.4 is 0 Å². The molecule has 0 heterocycles. The van der Waals surface area contributed by atoms with Crippen LogP contribution in [-0.2, 0) is 14.4 Å². The molecule has 0 aromatic rings. The second-order valence-corrected chi connectivity index (χ2v) is 3.81. The molecule has 7 heteroatoms. The van der Waals surface area contributed by atoms with E-state index in [1.54, 1.807) is 0 Å². The van der Waals surface area contributed by atoms with Gasteiger partial charge in [-0.15, -0.1) is 13.2 Å². The summed E-state index contributed by atoms with van der Waals surface area (Å²) in [7, 11) is 0. The van der Waals surface area contributed by atoms with E-state index in [0.29, 0.717) is 13.1 Å². The summed E-state index contributed by atoms with van der Waals surface area (Å²) in [6.07, 6.45) is 3.06. The molecule has 1 amide bonds. The first-order valence-corrected chi connectivity index (χ1v) is 5.56. The first kappa shape index (κ1) is 16.9. The molecule has 0 saturated carbocycles. The summed E-state index contributed by atoms with van der Waals surface area (Å²) in [5, 5.41) is 17.3. The highest BCUT2D eigenvalue weighted by Gasteiger charge is 2.19. The summed E-state index contributed by atoms with van der Waals surface area (Å²) < 4.78 is 0. The lowest BCUT2D eigenvalue weighted by atomic mass is 10.3. The van der Waals surface area contributed by atoms with Crippen LogP contribution in [0.1, 0.15) is 0 Å². The summed E-state index contributed by atoms with van der Waals surface area (Å²) in [6.45, 7) is 6.31. The molecule has 106 valence electrons. The average Bonchev–Trinajstić information content (AvgIpc) is 2.26. The first-order chi connectivity index (χ1) is 8.90. The van der Waals surface area contributed by atoms with E-state index in [0.717, 1.165) is 4.90 Å². The van der Waals surface area contributed by atoms with Gasteiger partial charge in [-0.3, -0.25) is 19.3 Å². The Balaban J connectivity index is 4.64. The zero-order valence-electron chi connectivity index (χ0n) is 10.6. The number of hydrogen-bond acceptors (Lipinski definition) is 4. The van der Waals surface area contributed by atoms with Crippen molar-refractivity contribution in [2.45, 2.75) is 0 Å². The average molecular weight is 270 g/mol. The third kappa shape index (κ3) is 7.72. The number of carboxylic acids is 2. The van der Waals surface area contributed by atoms with Gasteiger partial charge in [0.1, 0.15) is 0 Å². The molecule has 0 atom stereocenters. The minimum atomic E-state index is -1.19. The van der Waals surface area contributed by atoms with Crippen LogP contribution in [0.15, 0.2) is 25.3 Å². The largest absolute Gasteiger partial charge is 0.480 e. The summed E-state index contributed by atoms with van der Waals surface area (Å²) in [6, 6.07) is 0. The fourth-order valence-electron chi connectivity index (χ4n) is 1.43. The quantitative estimate of drug-likeness (QED) is 0.527. The van der Waals surface area contributed by atoms with Gasteiger partial charge in [0, 0.05) is 13.1 Å². The minimum Gasteiger partial charge on any atom is -0.480 e. The predicted molar refractivity (Wildman–Crippen MR) is 68.7 cm³/mol. The van der Waals surface area contributed by atoms with Gasteiger partial charge in [-0.25, -0.2) is 0 Å². The minimum absolute atomic E-state index is 0.278. The van der Waals surface area contributed by atoms with E-state index in [2.05, 4.69) is 13.2 Å². The highest BCUT2D eigenvalue weighted by molar-refractivity contribution is 5.80. The molecule has 7 nitrogen and oxygen atoms in total. The van der Waals surface area contributed by atoms with Crippen molar-refractivity contribution in [1.82, 2.24) is 9.80 Å². The van der Waals surface area contributed by atoms with Crippen molar-refractivity contribution >= 4 is 17.8 Å². The third-order valence-corrected chi connectivity index (χ3v) is 2.13. The van der Waals surface area contributed by atoms with E-state index in [1.165, 1.54) is 17.1 Å². The maximum Gasteiger partial charge on any atom is 0.317 e. The molecule has 0 spiro atoms. The second-order valence-electron chi connectivity index (χ2n) is 3.81. The molecule has 0 unspecified atom stereocenters. The Morgan fingerprint density at radius 1 is 0.895 bits per heavy atom. The predicted octanol–water partition coefficient (Wildman–Crippen LogP) is -0.342. The number of amides is 1. The van der Waals surface area contributed by atoms with E-state index >= 15 is 0 Å². The number of carbonyl (C=O) groups is 3. The van der Waals surface area contributed by atoms with Crippen molar-refractivity contribution < 1.29 is 24.6 Å². The maximum atomic E-state index is 11.9. The molecule has 0 aliphatic rings. The van der Waals surface area contributed by atoms with Crippen LogP contribution in [0.3, 0.4) is 0 Å². The van der Waals surface area contributed by atoms with E-state index in [4.69, 9.17) is 10.2 Å². The summed E-state index contributed by atoms with van der Waals surface area (Å²) in [5.41, 5.74) is 0.